The molecular formula is C19H12ClN3O4. The van der Waals surface area contributed by atoms with E-state index in [-0.39, 0.29) is 12.5 Å². The Kier molecular flexibility index (Phi) is 4.67. The minimum atomic E-state index is -0.580. The van der Waals surface area contributed by atoms with Crippen LogP contribution < -0.4 is 0 Å². The highest BCUT2D eigenvalue weighted by Gasteiger charge is 2.10. The van der Waals surface area contributed by atoms with Gasteiger partial charge in [-0.2, -0.15) is 0 Å². The van der Waals surface area contributed by atoms with E-state index < -0.39 is 5.97 Å². The molecule has 2 heterocycles. The van der Waals surface area contributed by atoms with Gasteiger partial charge in [0.25, 0.3) is 5.89 Å². The molecule has 0 radical (unpaired) electrons. The van der Waals surface area contributed by atoms with Crippen LogP contribution in [-0.4, -0.2) is 21.2 Å². The lowest BCUT2D eigenvalue weighted by Crippen LogP contribution is -2.00. The molecule has 4 rings (SSSR count). The van der Waals surface area contributed by atoms with Crippen molar-refractivity contribution in [2.75, 3.05) is 0 Å². The number of benzene rings is 2. The molecule has 0 aliphatic carbocycles. The minimum Gasteiger partial charge on any atom is -0.452 e. The van der Waals surface area contributed by atoms with Crippen LogP contribution in [0.25, 0.3) is 28.6 Å². The molecule has 0 aliphatic heterocycles. The van der Waals surface area contributed by atoms with Gasteiger partial charge in [0.15, 0.2) is 12.2 Å². The number of hydrogen-bond donors (Lipinski definition) is 0. The van der Waals surface area contributed by atoms with Crippen LogP contribution in [0.15, 0.2) is 63.4 Å². The van der Waals surface area contributed by atoms with E-state index in [1.54, 1.807) is 30.3 Å². The summed E-state index contributed by atoms with van der Waals surface area (Å²) < 4.78 is 16.0. The van der Waals surface area contributed by atoms with Crippen molar-refractivity contribution in [3.63, 3.8) is 0 Å². The molecule has 0 atom stereocenters. The summed E-state index contributed by atoms with van der Waals surface area (Å²) in [6, 6.07) is 14.3. The molecular weight excluding hydrogens is 370 g/mol. The van der Waals surface area contributed by atoms with Crippen LogP contribution in [0.2, 0.25) is 5.02 Å². The van der Waals surface area contributed by atoms with E-state index in [1.807, 2.05) is 18.2 Å². The molecule has 0 aliphatic rings. The zero-order valence-corrected chi connectivity index (χ0v) is 14.6. The summed E-state index contributed by atoms with van der Waals surface area (Å²) in [5.74, 6) is 0.239. The molecule has 27 heavy (non-hydrogen) atoms. The summed E-state index contributed by atoms with van der Waals surface area (Å²) in [5, 5.41) is 8.38. The van der Waals surface area contributed by atoms with E-state index in [1.165, 1.54) is 12.2 Å². The molecule has 2 aromatic heterocycles. The number of ether oxygens (including phenoxy) is 1. The SMILES string of the molecule is O=C(/C=C/c1nc2ccccc2o1)OCc1nnc(-c2ccc(Cl)cc2)o1. The predicted molar refractivity (Wildman–Crippen MR) is 97.6 cm³/mol. The lowest BCUT2D eigenvalue weighted by molar-refractivity contribution is -0.139. The highest BCUT2D eigenvalue weighted by molar-refractivity contribution is 6.30. The molecule has 0 amide bonds. The van der Waals surface area contributed by atoms with Crippen LogP contribution in [-0.2, 0) is 16.1 Å². The lowest BCUT2D eigenvalue weighted by atomic mass is 10.2. The van der Waals surface area contributed by atoms with Gasteiger partial charge in [-0.25, -0.2) is 9.78 Å². The van der Waals surface area contributed by atoms with Crippen molar-refractivity contribution in [2.45, 2.75) is 6.61 Å². The maximum atomic E-state index is 11.8. The molecule has 0 bridgehead atoms. The second-order valence-corrected chi connectivity index (χ2v) is 5.91. The minimum absolute atomic E-state index is 0.142. The van der Waals surface area contributed by atoms with Crippen LogP contribution in [0.1, 0.15) is 11.8 Å². The fraction of sp³-hybridized carbons (Fsp3) is 0.0526. The number of fused-ring (bicyclic) bond motifs is 1. The van der Waals surface area contributed by atoms with Crippen LogP contribution in [0.4, 0.5) is 0 Å². The largest absolute Gasteiger partial charge is 0.452 e. The third-order valence-electron chi connectivity index (χ3n) is 3.57. The van der Waals surface area contributed by atoms with Crippen LogP contribution in [0.5, 0.6) is 0 Å². The van der Waals surface area contributed by atoms with Gasteiger partial charge >= 0.3 is 5.97 Å². The second-order valence-electron chi connectivity index (χ2n) is 5.47. The highest BCUT2D eigenvalue weighted by Crippen LogP contribution is 2.20. The van der Waals surface area contributed by atoms with Crippen molar-refractivity contribution in [1.29, 1.82) is 0 Å². The highest BCUT2D eigenvalue weighted by atomic mass is 35.5. The van der Waals surface area contributed by atoms with Crippen molar-refractivity contribution in [2.24, 2.45) is 0 Å². The molecule has 7 nitrogen and oxygen atoms in total. The van der Waals surface area contributed by atoms with Gasteiger partial charge < -0.3 is 13.6 Å². The summed E-state index contributed by atoms with van der Waals surface area (Å²) in [4.78, 5) is 16.1. The van der Waals surface area contributed by atoms with Crippen LogP contribution >= 0.6 is 11.6 Å². The molecule has 0 spiro atoms. The Hall–Kier alpha value is -3.45. The molecule has 4 aromatic rings. The first kappa shape index (κ1) is 17.0. The van der Waals surface area contributed by atoms with E-state index >= 15 is 0 Å². The molecule has 134 valence electrons. The smallest absolute Gasteiger partial charge is 0.331 e. The molecule has 0 saturated carbocycles. The van der Waals surface area contributed by atoms with Gasteiger partial charge in [0.2, 0.25) is 11.8 Å². The lowest BCUT2D eigenvalue weighted by Gasteiger charge is -1.97. The Bertz CT molecular complexity index is 1080. The number of aromatic nitrogens is 3. The number of rotatable bonds is 5. The van der Waals surface area contributed by atoms with Crippen molar-refractivity contribution >= 4 is 34.7 Å². The zero-order valence-electron chi connectivity index (χ0n) is 13.8. The molecule has 2 aromatic carbocycles. The van der Waals surface area contributed by atoms with Crippen molar-refractivity contribution in [3.05, 3.63) is 71.4 Å². The van der Waals surface area contributed by atoms with Gasteiger partial charge in [-0.15, -0.1) is 10.2 Å². The summed E-state index contributed by atoms with van der Waals surface area (Å²) in [7, 11) is 0. The number of hydrogen-bond acceptors (Lipinski definition) is 7. The first-order valence-electron chi connectivity index (χ1n) is 7.96. The molecule has 0 fully saturated rings. The Morgan fingerprint density at radius 3 is 2.70 bits per heavy atom. The van der Waals surface area contributed by atoms with Crippen LogP contribution in [0, 0.1) is 0 Å². The van der Waals surface area contributed by atoms with E-state index in [0.29, 0.717) is 27.9 Å². The maximum Gasteiger partial charge on any atom is 0.331 e. The number of carbonyl (C=O) groups is 1. The van der Waals surface area contributed by atoms with Gasteiger partial charge in [-0.1, -0.05) is 23.7 Å². The normalized spacial score (nSPS) is 11.3. The monoisotopic (exact) mass is 381 g/mol. The Morgan fingerprint density at radius 1 is 1.07 bits per heavy atom. The van der Waals surface area contributed by atoms with Gasteiger partial charge in [0, 0.05) is 22.7 Å². The van der Waals surface area contributed by atoms with Gasteiger partial charge in [0.05, 0.1) is 0 Å². The van der Waals surface area contributed by atoms with E-state index in [4.69, 9.17) is 25.2 Å². The number of nitrogens with zero attached hydrogens (tertiary/aromatic N) is 3. The number of oxazole rings is 1. The molecule has 8 heteroatoms. The Labute approximate surface area is 158 Å². The molecule has 0 N–H and O–H groups in total. The standard InChI is InChI=1S/C19H12ClN3O4/c20-13-7-5-12(6-8-13)19-23-22-17(27-19)11-25-18(24)10-9-16-21-14-3-1-2-4-15(14)26-16/h1-10H,11H2/b10-9+. The quantitative estimate of drug-likeness (QED) is 0.376. The summed E-state index contributed by atoms with van der Waals surface area (Å²) in [6.45, 7) is -0.142. The van der Waals surface area contributed by atoms with E-state index in [9.17, 15) is 4.79 Å². The average molecular weight is 382 g/mol. The van der Waals surface area contributed by atoms with Crippen molar-refractivity contribution in [1.82, 2.24) is 15.2 Å². The van der Waals surface area contributed by atoms with Crippen molar-refractivity contribution < 1.29 is 18.4 Å². The first-order chi connectivity index (χ1) is 13.2. The third-order valence-corrected chi connectivity index (χ3v) is 3.82. The van der Waals surface area contributed by atoms with E-state index in [0.717, 1.165) is 5.56 Å². The van der Waals surface area contributed by atoms with E-state index in [2.05, 4.69) is 15.2 Å². The Morgan fingerprint density at radius 2 is 1.89 bits per heavy atom. The fourth-order valence-electron chi connectivity index (χ4n) is 2.30. The number of halogens is 1. The third kappa shape index (κ3) is 4.04. The predicted octanol–water partition coefficient (Wildman–Crippen LogP) is 4.29. The summed E-state index contributed by atoms with van der Waals surface area (Å²) >= 11 is 5.84. The fourth-order valence-corrected chi connectivity index (χ4v) is 2.43. The second kappa shape index (κ2) is 7.43. The molecule has 0 saturated heterocycles. The first-order valence-corrected chi connectivity index (χ1v) is 8.34. The maximum absolute atomic E-state index is 11.8. The molecule has 0 unspecified atom stereocenters. The topological polar surface area (TPSA) is 91.2 Å². The van der Waals surface area contributed by atoms with Crippen molar-refractivity contribution in [3.8, 4) is 11.5 Å². The van der Waals surface area contributed by atoms with Gasteiger partial charge in [-0.05, 0) is 36.4 Å². The van der Waals surface area contributed by atoms with Gasteiger partial charge in [0.1, 0.15) is 5.52 Å². The van der Waals surface area contributed by atoms with Gasteiger partial charge in [-0.3, -0.25) is 0 Å². The Balaban J connectivity index is 1.35. The number of carbonyl (C=O) groups excluding carboxylic acids is 1. The average Bonchev–Trinajstić information content (AvgIpc) is 3.32. The number of para-hydroxylation sites is 2. The summed E-state index contributed by atoms with van der Waals surface area (Å²) in [6.07, 6.45) is 2.66. The van der Waals surface area contributed by atoms with Crippen LogP contribution in [0.3, 0.4) is 0 Å². The zero-order chi connectivity index (χ0) is 18.6. The summed E-state index contributed by atoms with van der Waals surface area (Å²) in [5.41, 5.74) is 2.08. The number of esters is 1.